The summed E-state index contributed by atoms with van der Waals surface area (Å²) < 4.78 is 10.7. The maximum atomic E-state index is 8.51. The molecule has 0 radical (unpaired) electrons. The first-order valence-electron chi connectivity index (χ1n) is 7.78. The number of benzene rings is 1. The monoisotopic (exact) mass is 323 g/mol. The zero-order valence-corrected chi connectivity index (χ0v) is 14.3. The summed E-state index contributed by atoms with van der Waals surface area (Å²) in [4.78, 5) is 1.74. The maximum Gasteiger partial charge on any atom is 0.205 e. The van der Waals surface area contributed by atoms with E-state index in [4.69, 9.17) is 14.6 Å². The number of furan rings is 1. The third-order valence-electron chi connectivity index (χ3n) is 3.67. The van der Waals surface area contributed by atoms with E-state index in [1.54, 1.807) is 24.3 Å². The van der Waals surface area contributed by atoms with Crippen LogP contribution in [0.1, 0.15) is 38.1 Å². The molecule has 1 aliphatic heterocycles. The minimum absolute atomic E-state index is 0.151. The Kier molecular flexibility index (Phi) is 3.98. The second kappa shape index (κ2) is 5.97. The van der Waals surface area contributed by atoms with Crippen molar-refractivity contribution in [1.29, 1.82) is 5.41 Å². The van der Waals surface area contributed by atoms with E-state index in [0.29, 0.717) is 17.3 Å². The molecule has 3 rings (SSSR count). The Morgan fingerprint density at radius 1 is 1.21 bits per heavy atom. The van der Waals surface area contributed by atoms with Crippen molar-refractivity contribution in [2.45, 2.75) is 26.9 Å². The molecule has 1 atom stereocenters. The van der Waals surface area contributed by atoms with Crippen LogP contribution in [-0.2, 0) is 0 Å². The summed E-state index contributed by atoms with van der Waals surface area (Å²) in [5.74, 6) is 4.92. The molecule has 1 aromatic heterocycles. The van der Waals surface area contributed by atoms with Gasteiger partial charge in [-0.25, -0.2) is 0 Å². The predicted molar refractivity (Wildman–Crippen MR) is 94.0 cm³/mol. The van der Waals surface area contributed by atoms with Gasteiger partial charge in [0.25, 0.3) is 0 Å². The van der Waals surface area contributed by atoms with Gasteiger partial charge in [0.2, 0.25) is 5.88 Å². The van der Waals surface area contributed by atoms with Gasteiger partial charge in [-0.05, 0) is 44.5 Å². The van der Waals surface area contributed by atoms with Crippen molar-refractivity contribution in [3.8, 4) is 17.7 Å². The van der Waals surface area contributed by atoms with E-state index in [2.05, 4.69) is 17.3 Å². The first-order valence-corrected chi connectivity index (χ1v) is 7.78. The fourth-order valence-electron chi connectivity index (χ4n) is 2.42. The quantitative estimate of drug-likeness (QED) is 0.819. The molecular weight excluding hydrogens is 302 g/mol. The summed E-state index contributed by atoms with van der Waals surface area (Å²) in [7, 11) is 1.64. The zero-order valence-electron chi connectivity index (χ0n) is 14.3. The highest BCUT2D eigenvalue weighted by Crippen LogP contribution is 2.34. The number of methoxy groups -OCH3 is 1. The van der Waals surface area contributed by atoms with E-state index in [-0.39, 0.29) is 11.6 Å². The number of nitrogens with one attached hydrogen (secondary N) is 2. The molecule has 2 N–H and O–H groups in total. The molecule has 2 aromatic rings. The maximum absolute atomic E-state index is 8.51. The van der Waals surface area contributed by atoms with Crippen LogP contribution in [0.25, 0.3) is 0 Å². The molecule has 0 bridgehead atoms. The van der Waals surface area contributed by atoms with Crippen molar-refractivity contribution in [3.05, 3.63) is 47.7 Å². The van der Waals surface area contributed by atoms with Crippen molar-refractivity contribution in [3.63, 3.8) is 0 Å². The van der Waals surface area contributed by atoms with Crippen LogP contribution in [0.15, 0.2) is 41.0 Å². The third-order valence-corrected chi connectivity index (χ3v) is 3.67. The Labute approximate surface area is 142 Å². The van der Waals surface area contributed by atoms with Crippen molar-refractivity contribution < 1.29 is 9.15 Å². The van der Waals surface area contributed by atoms with E-state index < -0.39 is 0 Å². The number of anilines is 1. The molecule has 2 heterocycles. The molecule has 0 aliphatic carbocycles. The van der Waals surface area contributed by atoms with Gasteiger partial charge in [0.1, 0.15) is 17.8 Å². The SMILES string of the molecule is COc1ccc(C2Nc3occc3C(=N)N2C#CC(C)(C)C)cc1. The minimum Gasteiger partial charge on any atom is -0.497 e. The summed E-state index contributed by atoms with van der Waals surface area (Å²) in [6.07, 6.45) is 1.29. The first kappa shape index (κ1) is 16.0. The Morgan fingerprint density at radius 3 is 2.54 bits per heavy atom. The van der Waals surface area contributed by atoms with Gasteiger partial charge in [-0.3, -0.25) is 10.3 Å². The number of hydrogen-bond donors (Lipinski definition) is 2. The van der Waals surface area contributed by atoms with Gasteiger partial charge >= 0.3 is 0 Å². The molecule has 1 aromatic carbocycles. The van der Waals surface area contributed by atoms with Crippen LogP contribution in [0.2, 0.25) is 0 Å². The molecule has 0 spiro atoms. The van der Waals surface area contributed by atoms with Crippen molar-refractivity contribution in [2.24, 2.45) is 5.41 Å². The van der Waals surface area contributed by atoms with Gasteiger partial charge in [0, 0.05) is 11.5 Å². The van der Waals surface area contributed by atoms with E-state index in [0.717, 1.165) is 11.3 Å². The summed E-state index contributed by atoms with van der Waals surface area (Å²) >= 11 is 0. The number of ether oxygens (including phenoxy) is 1. The largest absolute Gasteiger partial charge is 0.497 e. The number of amidine groups is 1. The van der Waals surface area contributed by atoms with Gasteiger partial charge in [0.15, 0.2) is 0 Å². The number of rotatable bonds is 2. The molecule has 0 fully saturated rings. The molecular formula is C19H21N3O2. The molecule has 5 heteroatoms. The first-order chi connectivity index (χ1) is 11.4. The molecule has 1 unspecified atom stereocenters. The zero-order chi connectivity index (χ0) is 17.3. The summed E-state index contributed by atoms with van der Waals surface area (Å²) in [5.41, 5.74) is 1.54. The minimum atomic E-state index is -0.295. The fourth-order valence-corrected chi connectivity index (χ4v) is 2.42. The van der Waals surface area contributed by atoms with Gasteiger partial charge in [-0.2, -0.15) is 0 Å². The van der Waals surface area contributed by atoms with Crippen LogP contribution in [0, 0.1) is 22.8 Å². The number of hydrogen-bond acceptors (Lipinski definition) is 4. The molecule has 0 saturated heterocycles. The normalized spacial score (nSPS) is 16.8. The van der Waals surface area contributed by atoms with Gasteiger partial charge in [-0.15, -0.1) is 0 Å². The molecule has 24 heavy (non-hydrogen) atoms. The Balaban J connectivity index is 2.02. The van der Waals surface area contributed by atoms with Crippen molar-refractivity contribution in [1.82, 2.24) is 4.90 Å². The highest BCUT2D eigenvalue weighted by molar-refractivity contribution is 6.03. The highest BCUT2D eigenvalue weighted by Gasteiger charge is 2.32. The van der Waals surface area contributed by atoms with Gasteiger partial charge in [-0.1, -0.05) is 18.1 Å². The third kappa shape index (κ3) is 3.09. The standard InChI is InChI=1S/C19H21N3O2/c1-19(2,3)10-11-22-16(20)15-9-12-24-18(15)21-17(22)13-5-7-14(23-4)8-6-13/h5-9,12,17,20-21H,1-4H3. The summed E-state index contributed by atoms with van der Waals surface area (Å²) in [6.45, 7) is 6.14. The average Bonchev–Trinajstić information content (AvgIpc) is 3.02. The Hall–Kier alpha value is -2.87. The van der Waals surface area contributed by atoms with E-state index in [9.17, 15) is 0 Å². The molecule has 0 saturated carbocycles. The van der Waals surface area contributed by atoms with Crippen LogP contribution in [0.5, 0.6) is 5.75 Å². The lowest BCUT2D eigenvalue weighted by Gasteiger charge is -2.34. The lowest BCUT2D eigenvalue weighted by Crippen LogP contribution is -2.39. The van der Waals surface area contributed by atoms with E-state index in [1.807, 2.05) is 45.0 Å². The number of fused-ring (bicyclic) bond motifs is 1. The smallest absolute Gasteiger partial charge is 0.205 e. The average molecular weight is 323 g/mol. The van der Waals surface area contributed by atoms with Crippen LogP contribution in [0.3, 0.4) is 0 Å². The fraction of sp³-hybridized carbons (Fsp3) is 0.316. The second-order valence-corrected chi connectivity index (χ2v) is 6.69. The van der Waals surface area contributed by atoms with Gasteiger partial charge < -0.3 is 14.5 Å². The molecule has 0 amide bonds. The highest BCUT2D eigenvalue weighted by atomic mass is 16.5. The second-order valence-electron chi connectivity index (χ2n) is 6.69. The number of nitrogens with zero attached hydrogens (tertiary/aromatic N) is 1. The molecule has 124 valence electrons. The van der Waals surface area contributed by atoms with Gasteiger partial charge in [0.05, 0.1) is 18.9 Å². The Morgan fingerprint density at radius 2 is 1.92 bits per heavy atom. The van der Waals surface area contributed by atoms with Crippen molar-refractivity contribution >= 4 is 11.7 Å². The van der Waals surface area contributed by atoms with E-state index >= 15 is 0 Å². The van der Waals surface area contributed by atoms with E-state index in [1.165, 1.54) is 0 Å². The predicted octanol–water partition coefficient (Wildman–Crippen LogP) is 4.05. The lowest BCUT2D eigenvalue weighted by atomic mass is 9.98. The van der Waals surface area contributed by atoms with Crippen LogP contribution >= 0.6 is 0 Å². The molecule has 1 aliphatic rings. The van der Waals surface area contributed by atoms with Crippen LogP contribution in [-0.4, -0.2) is 17.8 Å². The van der Waals surface area contributed by atoms with Crippen molar-refractivity contribution in [2.75, 3.05) is 12.4 Å². The summed E-state index contributed by atoms with van der Waals surface area (Å²) in [6, 6.07) is 12.6. The lowest BCUT2D eigenvalue weighted by molar-refractivity contribution is 0.412. The summed E-state index contributed by atoms with van der Waals surface area (Å²) in [5, 5.41) is 11.8. The topological polar surface area (TPSA) is 61.5 Å². The molecule has 5 nitrogen and oxygen atoms in total. The van der Waals surface area contributed by atoms with Crippen LogP contribution in [0.4, 0.5) is 5.88 Å². The van der Waals surface area contributed by atoms with Crippen LogP contribution < -0.4 is 10.1 Å². The Bertz CT molecular complexity index is 804.